The summed E-state index contributed by atoms with van der Waals surface area (Å²) in [5.74, 6) is -0.852. The molecule has 1 aromatic carbocycles. The quantitative estimate of drug-likeness (QED) is 0.162. The van der Waals surface area contributed by atoms with E-state index in [0.29, 0.717) is 74.5 Å². The van der Waals surface area contributed by atoms with Gasteiger partial charge in [-0.25, -0.2) is 14.8 Å². The number of hydrogen-bond donors (Lipinski definition) is 2. The summed E-state index contributed by atoms with van der Waals surface area (Å²) in [5.41, 5.74) is 7.70. The molecule has 7 atom stereocenters. The molecule has 4 aromatic rings. The summed E-state index contributed by atoms with van der Waals surface area (Å²) in [5, 5.41) is 8.05. The minimum Gasteiger partial charge on any atom is -0.464 e. The first kappa shape index (κ1) is 45.3. The normalized spacial score (nSPS) is 26.9. The van der Waals surface area contributed by atoms with E-state index in [4.69, 9.17) is 24.2 Å². The highest BCUT2D eigenvalue weighted by Gasteiger charge is 2.50. The van der Waals surface area contributed by atoms with E-state index in [1.54, 1.807) is 13.3 Å². The van der Waals surface area contributed by atoms with Crippen molar-refractivity contribution >= 4 is 40.0 Å². The van der Waals surface area contributed by atoms with Gasteiger partial charge < -0.3 is 29.0 Å². The summed E-state index contributed by atoms with van der Waals surface area (Å²) in [6.45, 7) is 16.9. The molecular formula is C48H64FN7O6S. The van der Waals surface area contributed by atoms with Crippen LogP contribution in [0.2, 0.25) is 0 Å². The molecule has 3 fully saturated rings. The van der Waals surface area contributed by atoms with E-state index in [1.165, 1.54) is 16.3 Å². The maximum Gasteiger partial charge on any atom is 0.324 e. The third kappa shape index (κ3) is 8.80. The fourth-order valence-electron chi connectivity index (χ4n) is 9.88. The molecule has 2 N–H and O–H groups in total. The Morgan fingerprint density at radius 3 is 2.56 bits per heavy atom. The molecule has 0 radical (unpaired) electrons. The van der Waals surface area contributed by atoms with E-state index in [-0.39, 0.29) is 43.0 Å². The van der Waals surface area contributed by atoms with E-state index in [9.17, 15) is 14.4 Å². The number of alkyl halides is 1. The number of aryl methyl sites for hydroxylation is 1. The molecule has 1 unspecified atom stereocenters. The summed E-state index contributed by atoms with van der Waals surface area (Å²) < 4.78 is 37.7. The molecule has 340 valence electrons. The second-order valence-corrected chi connectivity index (χ2v) is 19.9. The number of aromatic nitrogens is 3. The number of amides is 2. The summed E-state index contributed by atoms with van der Waals surface area (Å²) >= 11 is 1.39. The Labute approximate surface area is 374 Å². The van der Waals surface area contributed by atoms with Crippen molar-refractivity contribution in [3.05, 3.63) is 57.7 Å². The molecule has 8 rings (SSSR count). The topological polar surface area (TPSA) is 140 Å². The van der Waals surface area contributed by atoms with Gasteiger partial charge in [0, 0.05) is 90.4 Å². The molecule has 3 aromatic heterocycles. The maximum atomic E-state index is 17.0. The van der Waals surface area contributed by atoms with Gasteiger partial charge in [-0.2, -0.15) is 0 Å². The van der Waals surface area contributed by atoms with Crippen molar-refractivity contribution in [1.29, 1.82) is 0 Å². The fourth-order valence-corrected chi connectivity index (χ4v) is 10.8. The summed E-state index contributed by atoms with van der Waals surface area (Å²) in [6.07, 6.45) is 2.73. The predicted molar refractivity (Wildman–Crippen MR) is 241 cm³/mol. The molecule has 4 aliphatic rings. The molecule has 13 nitrogen and oxygen atoms in total. The van der Waals surface area contributed by atoms with Crippen molar-refractivity contribution in [2.75, 3.05) is 47.0 Å². The molecule has 1 saturated carbocycles. The average Bonchev–Trinajstić information content (AvgIpc) is 3.55. The van der Waals surface area contributed by atoms with Crippen LogP contribution in [-0.2, 0) is 47.2 Å². The van der Waals surface area contributed by atoms with Gasteiger partial charge in [-0.05, 0) is 95.5 Å². The lowest BCUT2D eigenvalue weighted by molar-refractivity contribution is -0.156. The number of halogens is 1. The van der Waals surface area contributed by atoms with Crippen LogP contribution < -0.4 is 10.7 Å². The summed E-state index contributed by atoms with van der Waals surface area (Å²) in [6, 6.07) is 6.46. The molecule has 6 bridgehead atoms. The van der Waals surface area contributed by atoms with Gasteiger partial charge in [0.15, 0.2) is 0 Å². The average molecular weight is 886 g/mol. The molecule has 3 aliphatic heterocycles. The number of nitrogens with zero attached hydrogens (tertiary/aromatic N) is 5. The molecule has 2 amide bonds. The number of thiazole rings is 1. The third-order valence-corrected chi connectivity index (χ3v) is 15.0. The first-order valence-corrected chi connectivity index (χ1v) is 23.6. The highest BCUT2D eigenvalue weighted by atomic mass is 32.1. The molecule has 15 heteroatoms. The summed E-state index contributed by atoms with van der Waals surface area (Å²) in [7, 11) is 3.69. The van der Waals surface area contributed by atoms with E-state index in [0.717, 1.165) is 39.0 Å². The third-order valence-electron chi connectivity index (χ3n) is 14.1. The van der Waals surface area contributed by atoms with Gasteiger partial charge in [0.1, 0.15) is 28.9 Å². The van der Waals surface area contributed by atoms with E-state index < -0.39 is 41.1 Å². The van der Waals surface area contributed by atoms with Crippen LogP contribution >= 0.6 is 11.3 Å². The number of esters is 1. The first-order valence-electron chi connectivity index (χ1n) is 22.8. The van der Waals surface area contributed by atoms with Gasteiger partial charge in [0.05, 0.1) is 29.8 Å². The number of carbonyl (C=O) groups is 3. The number of benzene rings is 1. The second kappa shape index (κ2) is 17.9. The molecule has 6 heterocycles. The van der Waals surface area contributed by atoms with Crippen LogP contribution in [0.3, 0.4) is 0 Å². The van der Waals surface area contributed by atoms with Crippen LogP contribution in [0.25, 0.3) is 33.4 Å². The fraction of sp³-hybridized carbons (Fsp3) is 0.604. The Kier molecular flexibility index (Phi) is 12.9. The highest BCUT2D eigenvalue weighted by molar-refractivity contribution is 7.10. The Balaban J connectivity index is 1.30. The Morgan fingerprint density at radius 1 is 1.13 bits per heavy atom. The van der Waals surface area contributed by atoms with Gasteiger partial charge in [-0.1, -0.05) is 33.8 Å². The molecule has 63 heavy (non-hydrogen) atoms. The van der Waals surface area contributed by atoms with Crippen LogP contribution in [0.15, 0.2) is 35.8 Å². The second-order valence-electron chi connectivity index (χ2n) is 19.0. The van der Waals surface area contributed by atoms with Crippen molar-refractivity contribution in [3.8, 4) is 22.5 Å². The Bertz CT molecular complexity index is 2350. The van der Waals surface area contributed by atoms with Crippen LogP contribution in [0, 0.1) is 23.2 Å². The van der Waals surface area contributed by atoms with Crippen molar-refractivity contribution in [1.82, 2.24) is 35.2 Å². The Hall–Kier alpha value is -4.28. The number of pyridine rings is 1. The lowest BCUT2D eigenvalue weighted by Crippen LogP contribution is -2.61. The lowest BCUT2D eigenvalue weighted by atomic mass is 9.83. The van der Waals surface area contributed by atoms with Gasteiger partial charge in [-0.3, -0.25) is 24.4 Å². The number of hydrazine groups is 1. The van der Waals surface area contributed by atoms with Crippen LogP contribution in [-0.4, -0.2) is 101 Å². The van der Waals surface area contributed by atoms with Crippen molar-refractivity contribution in [3.63, 3.8) is 0 Å². The number of likely N-dealkylation sites (tertiary alicyclic amines) is 1. The van der Waals surface area contributed by atoms with Crippen molar-refractivity contribution in [2.45, 2.75) is 117 Å². The monoisotopic (exact) mass is 885 g/mol. The number of nitrogens with one attached hydrogen (secondary N) is 2. The summed E-state index contributed by atoms with van der Waals surface area (Å²) in [4.78, 5) is 54.6. The van der Waals surface area contributed by atoms with Gasteiger partial charge in [0.25, 0.3) is 5.91 Å². The number of cyclic esters (lactones) is 1. The molecule has 1 aliphatic carbocycles. The van der Waals surface area contributed by atoms with Gasteiger partial charge in [0.2, 0.25) is 5.91 Å². The van der Waals surface area contributed by atoms with Crippen LogP contribution in [0.4, 0.5) is 4.39 Å². The number of methoxy groups -OCH3 is 1. The minimum atomic E-state index is -1.53. The van der Waals surface area contributed by atoms with Crippen molar-refractivity contribution < 1.29 is 33.0 Å². The van der Waals surface area contributed by atoms with E-state index in [2.05, 4.69) is 59.2 Å². The number of hydrogen-bond acceptors (Lipinski definition) is 11. The smallest absolute Gasteiger partial charge is 0.324 e. The number of fused-ring (bicyclic) bond motifs is 6. The molecular weight excluding hydrogens is 822 g/mol. The zero-order chi connectivity index (χ0) is 45.0. The number of carbonyl (C=O) groups excluding carboxylic acids is 3. The number of rotatable bonds is 9. The van der Waals surface area contributed by atoms with Crippen LogP contribution in [0.1, 0.15) is 108 Å². The Morgan fingerprint density at radius 2 is 1.87 bits per heavy atom. The van der Waals surface area contributed by atoms with Gasteiger partial charge >= 0.3 is 5.97 Å². The number of piperidine rings is 1. The maximum absolute atomic E-state index is 17.0. The van der Waals surface area contributed by atoms with Gasteiger partial charge in [-0.15, -0.1) is 11.3 Å². The SMILES string of the molecule is CCO[C@@H]1c2nc(cs2)-c2ccc3c(c2)c(c(-c2cc(C4(F)CCN(C)CC4)cnc2[C@H](C)OC)n3CC)CC(C)(C)COC(=O)[C@@H]2CCCN(N2)C(=O)[C@H]1NC(=O)C1[C@@H](C)[C@H]1C. The first-order chi connectivity index (χ1) is 30.1. The largest absolute Gasteiger partial charge is 0.464 e. The van der Waals surface area contributed by atoms with E-state index >= 15 is 4.39 Å². The standard InChI is InChI=1S/C48H64FN7O6S/c1-10-55-37-15-14-30-21-32(37)34(41(55)33-22-31(24-50-39(33)29(5)60-9)48(49)16-19-54(8)20-17-48)23-47(6,7)26-62-46(59)35-13-12-18-56(53-35)45(58)40(52-43(57)38-27(3)28(38)4)42(61-11-2)44-51-36(30)25-63-44/h14-15,21-22,24-25,27-29,35,38,40,42,53H,10-13,16-20,23,26H2,1-9H3,(H,52,57)/t27-,28+,29-,35-,38?,40-,42-/m0/s1. The minimum absolute atomic E-state index is 0.106. The molecule has 0 spiro atoms. The highest BCUT2D eigenvalue weighted by Crippen LogP contribution is 2.47. The van der Waals surface area contributed by atoms with E-state index in [1.807, 2.05) is 46.2 Å². The lowest BCUT2D eigenvalue weighted by Gasteiger charge is -2.37. The zero-order valence-corrected chi connectivity index (χ0v) is 39.1. The predicted octanol–water partition coefficient (Wildman–Crippen LogP) is 7.53. The number of ether oxygens (including phenoxy) is 3. The van der Waals surface area contributed by atoms with Crippen LogP contribution in [0.5, 0.6) is 0 Å². The van der Waals surface area contributed by atoms with Crippen molar-refractivity contribution in [2.24, 2.45) is 23.2 Å². The molecule has 2 saturated heterocycles. The zero-order valence-electron chi connectivity index (χ0n) is 38.3.